The highest BCUT2D eigenvalue weighted by atomic mass is 35.5. The Labute approximate surface area is 252 Å². The number of carbonyl (C=O) groups excluding carboxylic acids is 2. The Kier molecular flexibility index (Phi) is 9.78. The fourth-order valence-corrected chi connectivity index (χ4v) is 4.81. The van der Waals surface area contributed by atoms with E-state index in [1.54, 1.807) is 40.3 Å². The van der Waals surface area contributed by atoms with Gasteiger partial charge in [0.2, 0.25) is 11.8 Å². The zero-order valence-corrected chi connectivity index (χ0v) is 25.8. The van der Waals surface area contributed by atoms with Crippen molar-refractivity contribution in [3.8, 4) is 17.4 Å². The predicted octanol–water partition coefficient (Wildman–Crippen LogP) is 7.20. The number of pyridine rings is 1. The Morgan fingerprint density at radius 2 is 1.81 bits per heavy atom. The maximum absolute atomic E-state index is 13.0. The number of amides is 2. The first kappa shape index (κ1) is 30.9. The van der Waals surface area contributed by atoms with Gasteiger partial charge in [0.15, 0.2) is 5.75 Å². The Morgan fingerprint density at radius 1 is 1.07 bits per heavy atom. The molecule has 2 amide bonds. The van der Waals surface area contributed by atoms with E-state index < -0.39 is 5.60 Å². The summed E-state index contributed by atoms with van der Waals surface area (Å²) in [7, 11) is 0. The molecule has 1 aliphatic rings. The first-order valence-corrected chi connectivity index (χ1v) is 14.3. The summed E-state index contributed by atoms with van der Waals surface area (Å²) in [4.78, 5) is 33.1. The third-order valence-corrected chi connectivity index (χ3v) is 6.95. The molecule has 1 aliphatic heterocycles. The van der Waals surface area contributed by atoms with Crippen LogP contribution < -0.4 is 9.47 Å². The highest BCUT2D eigenvalue weighted by Crippen LogP contribution is 2.34. The van der Waals surface area contributed by atoms with Crippen LogP contribution in [0.5, 0.6) is 17.4 Å². The van der Waals surface area contributed by atoms with E-state index in [0.717, 1.165) is 16.7 Å². The second-order valence-electron chi connectivity index (χ2n) is 11.5. The fourth-order valence-electron chi connectivity index (χ4n) is 4.49. The van der Waals surface area contributed by atoms with Crippen LogP contribution in [0.3, 0.4) is 0 Å². The SMILES string of the molecule is Cc1ccc(COc2ccc(Oc3c(C)cc(/C=C/C(=O)N4CCN(C(=O)OC(C)(C)C)C[C@@H]4C)cc3Cl)nc2)cc1. The van der Waals surface area contributed by atoms with E-state index in [2.05, 4.69) is 17.1 Å². The number of aromatic nitrogens is 1. The van der Waals surface area contributed by atoms with E-state index in [-0.39, 0.29) is 18.0 Å². The Balaban J connectivity index is 1.33. The zero-order valence-electron chi connectivity index (χ0n) is 25.0. The molecular weight excluding hydrogens is 554 g/mol. The number of halogens is 1. The van der Waals surface area contributed by atoms with Crippen LogP contribution in [0.2, 0.25) is 5.02 Å². The minimum atomic E-state index is -0.561. The summed E-state index contributed by atoms with van der Waals surface area (Å²) in [6.45, 7) is 13.1. The van der Waals surface area contributed by atoms with E-state index in [4.69, 9.17) is 25.8 Å². The lowest BCUT2D eigenvalue weighted by Gasteiger charge is -2.39. The molecule has 1 saturated heterocycles. The number of piperazine rings is 1. The molecular formula is C33H38ClN3O5. The fraction of sp³-hybridized carbons (Fsp3) is 0.364. The van der Waals surface area contributed by atoms with Crippen LogP contribution in [0.4, 0.5) is 4.79 Å². The van der Waals surface area contributed by atoms with Gasteiger partial charge in [-0.15, -0.1) is 0 Å². The van der Waals surface area contributed by atoms with Gasteiger partial charge in [0.25, 0.3) is 0 Å². The van der Waals surface area contributed by atoms with Gasteiger partial charge in [-0.1, -0.05) is 41.4 Å². The predicted molar refractivity (Wildman–Crippen MR) is 164 cm³/mol. The molecule has 0 radical (unpaired) electrons. The van der Waals surface area contributed by atoms with Crippen molar-refractivity contribution in [1.29, 1.82) is 0 Å². The number of hydrogen-bond acceptors (Lipinski definition) is 6. The molecule has 42 heavy (non-hydrogen) atoms. The summed E-state index contributed by atoms with van der Waals surface area (Å²) >= 11 is 6.57. The number of hydrogen-bond donors (Lipinski definition) is 0. The summed E-state index contributed by atoms with van der Waals surface area (Å²) in [6.07, 6.45) is 4.52. The van der Waals surface area contributed by atoms with E-state index >= 15 is 0 Å². The first-order valence-electron chi connectivity index (χ1n) is 14.0. The molecule has 0 saturated carbocycles. The van der Waals surface area contributed by atoms with Gasteiger partial charge >= 0.3 is 6.09 Å². The molecule has 222 valence electrons. The van der Waals surface area contributed by atoms with Gasteiger partial charge < -0.3 is 24.0 Å². The molecule has 9 heteroatoms. The lowest BCUT2D eigenvalue weighted by molar-refractivity contribution is -0.130. The smallest absolute Gasteiger partial charge is 0.410 e. The molecule has 0 spiro atoms. The standard InChI is InChI=1S/C33H38ClN3O5/c1-22-7-9-25(10-8-22)21-40-27-12-13-29(35-19-27)41-31-23(2)17-26(18-28(31)34)11-14-30(38)37-16-15-36(20-24(37)3)32(39)42-33(4,5)6/h7-14,17-19,24H,15-16,20-21H2,1-6H3/b14-11+/t24-/m0/s1. The van der Waals surface area contributed by atoms with Crippen molar-refractivity contribution in [2.24, 2.45) is 0 Å². The van der Waals surface area contributed by atoms with Crippen molar-refractivity contribution in [3.05, 3.63) is 88.1 Å². The highest BCUT2D eigenvalue weighted by molar-refractivity contribution is 6.32. The third-order valence-electron chi connectivity index (χ3n) is 6.67. The second kappa shape index (κ2) is 13.3. The van der Waals surface area contributed by atoms with Crippen LogP contribution >= 0.6 is 11.6 Å². The lowest BCUT2D eigenvalue weighted by atomic mass is 10.1. The van der Waals surface area contributed by atoms with Crippen LogP contribution in [0.1, 0.15) is 49.9 Å². The number of aryl methyl sites for hydroxylation is 2. The molecule has 8 nitrogen and oxygen atoms in total. The number of ether oxygens (including phenoxy) is 3. The minimum Gasteiger partial charge on any atom is -0.487 e. The number of carbonyl (C=O) groups is 2. The van der Waals surface area contributed by atoms with Gasteiger partial charge in [-0.25, -0.2) is 9.78 Å². The maximum Gasteiger partial charge on any atom is 0.410 e. The average molecular weight is 592 g/mol. The Morgan fingerprint density at radius 3 is 2.43 bits per heavy atom. The lowest BCUT2D eigenvalue weighted by Crippen LogP contribution is -2.55. The third kappa shape index (κ3) is 8.49. The Bertz CT molecular complexity index is 1410. The summed E-state index contributed by atoms with van der Waals surface area (Å²) < 4.78 is 17.3. The molecule has 0 bridgehead atoms. The summed E-state index contributed by atoms with van der Waals surface area (Å²) in [5.41, 5.74) is 3.29. The molecule has 1 atom stereocenters. The van der Waals surface area contributed by atoms with Crippen LogP contribution in [-0.4, -0.2) is 58.1 Å². The average Bonchev–Trinajstić information content (AvgIpc) is 2.93. The quantitative estimate of drug-likeness (QED) is 0.270. The van der Waals surface area contributed by atoms with Crippen LogP contribution in [-0.2, 0) is 16.1 Å². The van der Waals surface area contributed by atoms with Crippen molar-refractivity contribution >= 4 is 29.7 Å². The molecule has 0 aliphatic carbocycles. The van der Waals surface area contributed by atoms with Crippen LogP contribution in [0.15, 0.2) is 60.8 Å². The molecule has 0 unspecified atom stereocenters. The Hall–Kier alpha value is -4.04. The topological polar surface area (TPSA) is 81.2 Å². The van der Waals surface area contributed by atoms with Crippen molar-refractivity contribution < 1.29 is 23.8 Å². The largest absolute Gasteiger partial charge is 0.487 e. The number of nitrogens with zero attached hydrogens (tertiary/aromatic N) is 3. The minimum absolute atomic E-state index is 0.130. The summed E-state index contributed by atoms with van der Waals surface area (Å²) in [6, 6.07) is 15.2. The molecule has 1 aromatic heterocycles. The molecule has 1 fully saturated rings. The van der Waals surface area contributed by atoms with Gasteiger partial charge in [-0.05, 0) is 82.5 Å². The molecule has 2 heterocycles. The molecule has 4 rings (SSSR count). The highest BCUT2D eigenvalue weighted by Gasteiger charge is 2.31. The van der Waals surface area contributed by atoms with Gasteiger partial charge in [-0.2, -0.15) is 0 Å². The van der Waals surface area contributed by atoms with E-state index in [9.17, 15) is 9.59 Å². The van der Waals surface area contributed by atoms with Crippen molar-refractivity contribution in [3.63, 3.8) is 0 Å². The maximum atomic E-state index is 13.0. The van der Waals surface area contributed by atoms with Gasteiger partial charge in [-0.3, -0.25) is 4.79 Å². The summed E-state index contributed by atoms with van der Waals surface area (Å²) in [5, 5.41) is 0.405. The van der Waals surface area contributed by atoms with Crippen molar-refractivity contribution in [1.82, 2.24) is 14.8 Å². The molecule has 2 aromatic carbocycles. The zero-order chi connectivity index (χ0) is 30.4. The van der Waals surface area contributed by atoms with Gasteiger partial charge in [0, 0.05) is 37.8 Å². The van der Waals surface area contributed by atoms with E-state index in [1.807, 2.05) is 59.7 Å². The molecule has 0 N–H and O–H groups in total. The van der Waals surface area contributed by atoms with Crippen molar-refractivity contribution in [2.75, 3.05) is 19.6 Å². The second-order valence-corrected chi connectivity index (χ2v) is 11.9. The van der Waals surface area contributed by atoms with Crippen LogP contribution in [0, 0.1) is 13.8 Å². The number of benzene rings is 2. The first-order chi connectivity index (χ1) is 19.9. The van der Waals surface area contributed by atoms with Gasteiger partial charge in [0.1, 0.15) is 18.0 Å². The van der Waals surface area contributed by atoms with Crippen LogP contribution in [0.25, 0.3) is 6.08 Å². The monoisotopic (exact) mass is 591 g/mol. The van der Waals surface area contributed by atoms with E-state index in [0.29, 0.717) is 48.6 Å². The normalized spacial score (nSPS) is 15.5. The van der Waals surface area contributed by atoms with Gasteiger partial charge in [0.05, 0.1) is 11.2 Å². The summed E-state index contributed by atoms with van der Waals surface area (Å²) in [5.74, 6) is 1.39. The number of rotatable bonds is 7. The van der Waals surface area contributed by atoms with E-state index in [1.165, 1.54) is 11.6 Å². The molecule has 3 aromatic rings. The van der Waals surface area contributed by atoms with Crippen molar-refractivity contribution in [2.45, 2.75) is 59.8 Å².